The smallest absolute Gasteiger partial charge is 0.333 e. The van der Waals surface area contributed by atoms with E-state index in [1.165, 1.54) is 11.3 Å². The standard InChI is InChI=1S/C15H15N5O2S/c1-9(2)11-8-17-15(23-11)20(13(16)21)14-19-18-12(22-14)10-6-4-3-5-7-10/h3-9H,1-2H3,(H2,16,21). The van der Waals surface area contributed by atoms with Crippen LogP contribution in [0.2, 0.25) is 0 Å². The van der Waals surface area contributed by atoms with Gasteiger partial charge in [0.2, 0.25) is 11.0 Å². The number of rotatable bonds is 4. The molecule has 0 aliphatic carbocycles. The monoisotopic (exact) mass is 329 g/mol. The first kappa shape index (κ1) is 15.2. The van der Waals surface area contributed by atoms with Gasteiger partial charge in [0.15, 0.2) is 0 Å². The van der Waals surface area contributed by atoms with Crippen LogP contribution in [-0.4, -0.2) is 21.2 Å². The van der Waals surface area contributed by atoms with E-state index in [4.69, 9.17) is 10.2 Å². The highest BCUT2D eigenvalue weighted by molar-refractivity contribution is 7.15. The Hall–Kier alpha value is -2.74. The maximum absolute atomic E-state index is 11.8. The zero-order valence-electron chi connectivity index (χ0n) is 12.6. The van der Waals surface area contributed by atoms with Gasteiger partial charge in [-0.15, -0.1) is 16.4 Å². The van der Waals surface area contributed by atoms with E-state index in [9.17, 15) is 4.79 Å². The molecule has 118 valence electrons. The van der Waals surface area contributed by atoms with Crippen molar-refractivity contribution in [1.82, 2.24) is 15.2 Å². The highest BCUT2D eigenvalue weighted by Gasteiger charge is 2.25. The number of nitrogens with zero attached hydrogens (tertiary/aromatic N) is 4. The third-order valence-electron chi connectivity index (χ3n) is 3.12. The normalized spacial score (nSPS) is 10.9. The summed E-state index contributed by atoms with van der Waals surface area (Å²) in [6.45, 7) is 4.10. The molecule has 7 nitrogen and oxygen atoms in total. The average molecular weight is 329 g/mol. The molecule has 0 atom stereocenters. The number of carbonyl (C=O) groups is 1. The van der Waals surface area contributed by atoms with Crippen LogP contribution in [0.3, 0.4) is 0 Å². The van der Waals surface area contributed by atoms with E-state index in [-0.39, 0.29) is 6.01 Å². The van der Waals surface area contributed by atoms with Crippen LogP contribution in [0, 0.1) is 0 Å². The van der Waals surface area contributed by atoms with Crippen LogP contribution < -0.4 is 10.6 Å². The van der Waals surface area contributed by atoms with Gasteiger partial charge in [0.1, 0.15) is 0 Å². The zero-order valence-corrected chi connectivity index (χ0v) is 13.4. The van der Waals surface area contributed by atoms with Crippen LogP contribution in [0.4, 0.5) is 15.9 Å². The summed E-state index contributed by atoms with van der Waals surface area (Å²) in [6, 6.07) is 8.57. The van der Waals surface area contributed by atoms with Gasteiger partial charge in [0.05, 0.1) is 0 Å². The lowest BCUT2D eigenvalue weighted by atomic mass is 10.2. The molecule has 2 amide bonds. The summed E-state index contributed by atoms with van der Waals surface area (Å²) in [7, 11) is 0. The van der Waals surface area contributed by atoms with E-state index >= 15 is 0 Å². The van der Waals surface area contributed by atoms with Crippen molar-refractivity contribution < 1.29 is 9.21 Å². The fourth-order valence-electron chi connectivity index (χ4n) is 1.92. The predicted octanol–water partition coefficient (Wildman–Crippen LogP) is 3.53. The Labute approximate surface area is 136 Å². The third-order valence-corrected chi connectivity index (χ3v) is 4.40. The molecule has 2 aromatic heterocycles. The molecule has 0 saturated heterocycles. The summed E-state index contributed by atoms with van der Waals surface area (Å²) < 4.78 is 5.59. The van der Waals surface area contributed by atoms with Gasteiger partial charge >= 0.3 is 12.0 Å². The molecule has 0 saturated carbocycles. The number of thiazole rings is 1. The zero-order chi connectivity index (χ0) is 16.4. The van der Waals surface area contributed by atoms with E-state index in [1.807, 2.05) is 44.2 Å². The van der Waals surface area contributed by atoms with Gasteiger partial charge in [-0.3, -0.25) is 0 Å². The molecule has 0 fully saturated rings. The molecular formula is C15H15N5O2S. The Kier molecular flexibility index (Phi) is 4.07. The van der Waals surface area contributed by atoms with Crippen molar-refractivity contribution in [2.75, 3.05) is 4.90 Å². The second-order valence-electron chi connectivity index (χ2n) is 5.13. The van der Waals surface area contributed by atoms with Crippen molar-refractivity contribution in [3.8, 4) is 11.5 Å². The second kappa shape index (κ2) is 6.17. The number of anilines is 2. The number of nitrogens with two attached hydrogens (primary N) is 1. The molecule has 0 unspecified atom stereocenters. The minimum atomic E-state index is -0.724. The molecular weight excluding hydrogens is 314 g/mol. The molecule has 8 heteroatoms. The average Bonchev–Trinajstić information content (AvgIpc) is 3.18. The third kappa shape index (κ3) is 3.07. The van der Waals surface area contributed by atoms with Gasteiger partial charge in [0.25, 0.3) is 0 Å². The van der Waals surface area contributed by atoms with E-state index in [0.717, 1.165) is 15.3 Å². The van der Waals surface area contributed by atoms with Crippen molar-refractivity contribution in [2.45, 2.75) is 19.8 Å². The van der Waals surface area contributed by atoms with Gasteiger partial charge in [-0.2, -0.15) is 4.90 Å². The van der Waals surface area contributed by atoms with Gasteiger partial charge in [-0.05, 0) is 18.1 Å². The first-order valence-electron chi connectivity index (χ1n) is 7.00. The Balaban J connectivity index is 1.96. The van der Waals surface area contributed by atoms with Crippen LogP contribution in [0.25, 0.3) is 11.5 Å². The first-order chi connectivity index (χ1) is 11.1. The van der Waals surface area contributed by atoms with Gasteiger partial charge in [0, 0.05) is 16.6 Å². The second-order valence-corrected chi connectivity index (χ2v) is 6.17. The van der Waals surface area contributed by atoms with Crippen molar-refractivity contribution in [2.24, 2.45) is 5.73 Å². The largest absolute Gasteiger partial charge is 0.403 e. The van der Waals surface area contributed by atoms with Crippen LogP contribution in [-0.2, 0) is 0 Å². The predicted molar refractivity (Wildman–Crippen MR) is 87.7 cm³/mol. The van der Waals surface area contributed by atoms with Gasteiger partial charge in [-0.1, -0.05) is 37.1 Å². The molecule has 23 heavy (non-hydrogen) atoms. The fraction of sp³-hybridized carbons (Fsp3) is 0.200. The number of primary amides is 1. The highest BCUT2D eigenvalue weighted by Crippen LogP contribution is 2.33. The molecule has 3 rings (SSSR count). The number of carbonyl (C=O) groups excluding carboxylic acids is 1. The van der Waals surface area contributed by atoms with Crippen molar-refractivity contribution in [3.63, 3.8) is 0 Å². The number of hydrogen-bond donors (Lipinski definition) is 1. The fourth-order valence-corrected chi connectivity index (χ4v) is 2.84. The minimum absolute atomic E-state index is 0.000934. The quantitative estimate of drug-likeness (QED) is 0.789. The van der Waals surface area contributed by atoms with Gasteiger partial charge < -0.3 is 10.2 Å². The number of aromatic nitrogens is 3. The minimum Gasteiger partial charge on any atom is -0.403 e. The molecule has 0 bridgehead atoms. The molecule has 2 N–H and O–H groups in total. The van der Waals surface area contributed by atoms with E-state index in [0.29, 0.717) is 16.9 Å². The number of amides is 2. The van der Waals surface area contributed by atoms with Crippen LogP contribution in [0.5, 0.6) is 0 Å². The SMILES string of the molecule is CC(C)c1cnc(N(C(N)=O)c2nnc(-c3ccccc3)o2)s1. The summed E-state index contributed by atoms with van der Waals surface area (Å²) in [5.41, 5.74) is 6.22. The lowest BCUT2D eigenvalue weighted by Crippen LogP contribution is -2.31. The molecule has 1 aromatic carbocycles. The maximum Gasteiger partial charge on any atom is 0.333 e. The number of hydrogen-bond acceptors (Lipinski definition) is 6. The van der Waals surface area contributed by atoms with Crippen molar-refractivity contribution in [3.05, 3.63) is 41.4 Å². The molecule has 0 aliphatic heterocycles. The maximum atomic E-state index is 11.8. The Morgan fingerprint density at radius 1 is 1.26 bits per heavy atom. The molecule has 3 aromatic rings. The lowest BCUT2D eigenvalue weighted by molar-refractivity contribution is 0.255. The van der Waals surface area contributed by atoms with E-state index < -0.39 is 6.03 Å². The molecule has 0 radical (unpaired) electrons. The summed E-state index contributed by atoms with van der Waals surface area (Å²) in [6.07, 6.45) is 1.72. The van der Waals surface area contributed by atoms with E-state index in [2.05, 4.69) is 15.2 Å². The Morgan fingerprint density at radius 2 is 2.00 bits per heavy atom. The summed E-state index contributed by atoms with van der Waals surface area (Å²) in [4.78, 5) is 18.2. The number of urea groups is 1. The van der Waals surface area contributed by atoms with E-state index in [1.54, 1.807) is 6.20 Å². The highest BCUT2D eigenvalue weighted by atomic mass is 32.1. The topological polar surface area (TPSA) is 98.1 Å². The molecule has 0 spiro atoms. The lowest BCUT2D eigenvalue weighted by Gasteiger charge is -2.11. The summed E-state index contributed by atoms with van der Waals surface area (Å²) >= 11 is 1.36. The van der Waals surface area contributed by atoms with Crippen LogP contribution in [0.1, 0.15) is 24.6 Å². The molecule has 2 heterocycles. The first-order valence-corrected chi connectivity index (χ1v) is 7.82. The van der Waals surface area contributed by atoms with Gasteiger partial charge in [-0.25, -0.2) is 9.78 Å². The summed E-state index contributed by atoms with van der Waals surface area (Å²) in [5, 5.41) is 8.29. The Bertz CT molecular complexity index is 812. The van der Waals surface area contributed by atoms with Crippen LogP contribution in [0.15, 0.2) is 40.9 Å². The Morgan fingerprint density at radius 3 is 2.61 bits per heavy atom. The van der Waals surface area contributed by atoms with Crippen molar-refractivity contribution in [1.29, 1.82) is 0 Å². The summed E-state index contributed by atoms with van der Waals surface area (Å²) in [5.74, 6) is 0.617. The number of benzene rings is 1. The van der Waals surface area contributed by atoms with Crippen LogP contribution >= 0.6 is 11.3 Å². The van der Waals surface area contributed by atoms with Crippen molar-refractivity contribution >= 4 is 28.5 Å². The molecule has 0 aliphatic rings.